The molecule has 28 heavy (non-hydrogen) atoms. The summed E-state index contributed by atoms with van der Waals surface area (Å²) in [6, 6.07) is 6.97. The number of urea groups is 1. The summed E-state index contributed by atoms with van der Waals surface area (Å²) in [5.74, 6) is 0.0412. The molecule has 2 aliphatic carbocycles. The van der Waals surface area contributed by atoms with Crippen LogP contribution in [0.4, 0.5) is 10.5 Å². The zero-order chi connectivity index (χ0) is 19.7. The number of nitrogens with one attached hydrogen (secondary N) is 2. The highest BCUT2D eigenvalue weighted by atomic mass is 32.2. The van der Waals surface area contributed by atoms with E-state index in [4.69, 9.17) is 10.5 Å². The maximum Gasteiger partial charge on any atom is 0.329 e. The molecule has 0 atom stereocenters. The van der Waals surface area contributed by atoms with Crippen molar-refractivity contribution in [1.29, 1.82) is 0 Å². The van der Waals surface area contributed by atoms with Crippen molar-refractivity contribution in [1.82, 2.24) is 4.72 Å². The van der Waals surface area contributed by atoms with E-state index >= 15 is 0 Å². The van der Waals surface area contributed by atoms with Crippen molar-refractivity contribution < 1.29 is 14.3 Å². The van der Waals surface area contributed by atoms with E-state index in [-0.39, 0.29) is 6.03 Å². The van der Waals surface area contributed by atoms with Gasteiger partial charge >= 0.3 is 6.03 Å². The first-order valence-electron chi connectivity index (χ1n) is 9.45. The predicted molar refractivity (Wildman–Crippen MR) is 110 cm³/mol. The molecule has 0 fully saturated rings. The van der Waals surface area contributed by atoms with E-state index in [2.05, 4.69) is 16.1 Å². The number of carbonyl (C=O) groups is 2. The smallest absolute Gasteiger partial charge is 0.329 e. The fourth-order valence-corrected chi connectivity index (χ4v) is 4.83. The van der Waals surface area contributed by atoms with E-state index in [1.165, 1.54) is 22.3 Å². The van der Waals surface area contributed by atoms with Gasteiger partial charge in [0.05, 0.1) is 12.7 Å². The van der Waals surface area contributed by atoms with Gasteiger partial charge in [-0.2, -0.15) is 0 Å². The van der Waals surface area contributed by atoms with Gasteiger partial charge in [0.15, 0.2) is 0 Å². The van der Waals surface area contributed by atoms with Crippen molar-refractivity contribution in [3.63, 3.8) is 0 Å². The van der Waals surface area contributed by atoms with Gasteiger partial charge in [-0.25, -0.2) is 4.79 Å². The highest BCUT2D eigenvalue weighted by Crippen LogP contribution is 2.38. The number of hydrogen-bond donors (Lipinski definition) is 3. The lowest BCUT2D eigenvalue weighted by Crippen LogP contribution is -2.25. The monoisotopic (exact) mass is 397 g/mol. The Kier molecular flexibility index (Phi) is 5.17. The fourth-order valence-electron chi connectivity index (χ4n) is 4.13. The maximum absolute atomic E-state index is 12.6. The molecule has 146 valence electrons. The molecule has 0 bridgehead atoms. The second kappa shape index (κ2) is 7.75. The normalized spacial score (nSPS) is 14.3. The Balaban J connectivity index is 1.52. The van der Waals surface area contributed by atoms with Gasteiger partial charge in [0.2, 0.25) is 5.91 Å². The Morgan fingerprint density at radius 1 is 1.04 bits per heavy atom. The van der Waals surface area contributed by atoms with E-state index in [9.17, 15) is 9.59 Å². The molecule has 4 rings (SSSR count). The number of aryl methyl sites for hydroxylation is 2. The molecule has 4 N–H and O–H groups in total. The van der Waals surface area contributed by atoms with Crippen molar-refractivity contribution in [3.8, 4) is 5.75 Å². The summed E-state index contributed by atoms with van der Waals surface area (Å²) in [6.07, 6.45) is 6.45. The lowest BCUT2D eigenvalue weighted by Gasteiger charge is -2.16. The third-order valence-corrected chi connectivity index (χ3v) is 6.26. The van der Waals surface area contributed by atoms with Crippen LogP contribution in [0.5, 0.6) is 5.75 Å². The minimum atomic E-state index is -0.550. The van der Waals surface area contributed by atoms with E-state index in [0.29, 0.717) is 16.2 Å². The number of primary amides is 1. The molecule has 6 nitrogen and oxygen atoms in total. The van der Waals surface area contributed by atoms with E-state index < -0.39 is 5.91 Å². The first-order chi connectivity index (χ1) is 13.6. The molecule has 0 heterocycles. The van der Waals surface area contributed by atoms with Gasteiger partial charge < -0.3 is 15.8 Å². The average Bonchev–Trinajstić information content (AvgIpc) is 3.35. The third kappa shape index (κ3) is 3.54. The first-order valence-corrected chi connectivity index (χ1v) is 10.3. The summed E-state index contributed by atoms with van der Waals surface area (Å²) in [5.41, 5.74) is 12.1. The molecule has 7 heteroatoms. The van der Waals surface area contributed by atoms with Crippen molar-refractivity contribution >= 4 is 29.6 Å². The quantitative estimate of drug-likeness (QED) is 0.672. The van der Waals surface area contributed by atoms with Crippen molar-refractivity contribution in [2.45, 2.75) is 43.4 Å². The Morgan fingerprint density at radius 2 is 1.71 bits per heavy atom. The minimum absolute atomic E-state index is 0.308. The van der Waals surface area contributed by atoms with Crippen molar-refractivity contribution in [2.24, 2.45) is 5.73 Å². The summed E-state index contributed by atoms with van der Waals surface area (Å²) >= 11 is 1.06. The molecule has 0 unspecified atom stereocenters. The SMILES string of the molecule is COc1ccc(C(N)=O)c(SNC(=O)Nc2c3c(cc4c2CCC4)CCC3)c1. The number of anilines is 1. The van der Waals surface area contributed by atoms with Crippen molar-refractivity contribution in [3.05, 3.63) is 52.1 Å². The summed E-state index contributed by atoms with van der Waals surface area (Å²) in [4.78, 5) is 24.8. The fraction of sp³-hybridized carbons (Fsp3) is 0.333. The molecule has 3 amide bonds. The van der Waals surface area contributed by atoms with Crippen LogP contribution in [-0.4, -0.2) is 19.0 Å². The number of nitrogens with two attached hydrogens (primary N) is 1. The Hall–Kier alpha value is -2.67. The van der Waals surface area contributed by atoms with Crippen LogP contribution < -0.4 is 20.5 Å². The molecular formula is C21H23N3O3S. The maximum atomic E-state index is 12.6. The number of amides is 3. The second-order valence-electron chi connectivity index (χ2n) is 7.12. The highest BCUT2D eigenvalue weighted by Gasteiger charge is 2.25. The van der Waals surface area contributed by atoms with Crippen LogP contribution in [0.25, 0.3) is 0 Å². The van der Waals surface area contributed by atoms with E-state index in [1.54, 1.807) is 25.3 Å². The topological polar surface area (TPSA) is 93.4 Å². The standard InChI is InChI=1S/C21H23N3O3S/c1-27-14-8-9-17(20(22)25)18(11-14)28-24-21(26)23-19-15-6-2-4-12(15)10-13-5-3-7-16(13)19/h8-11H,2-7H2,1H3,(H2,22,25)(H2,23,24,26). The summed E-state index contributed by atoms with van der Waals surface area (Å²) < 4.78 is 7.98. The molecule has 2 aliphatic rings. The van der Waals surface area contributed by atoms with Gasteiger partial charge in [-0.15, -0.1) is 0 Å². The molecule has 0 saturated carbocycles. The number of methoxy groups -OCH3 is 1. The van der Waals surface area contributed by atoms with Crippen LogP contribution in [0.1, 0.15) is 45.5 Å². The predicted octanol–water partition coefficient (Wildman–Crippen LogP) is 3.60. The Bertz CT molecular complexity index is 926. The average molecular weight is 398 g/mol. The lowest BCUT2D eigenvalue weighted by molar-refractivity contribution is 0.0997. The zero-order valence-corrected chi connectivity index (χ0v) is 16.6. The van der Waals surface area contributed by atoms with Crippen LogP contribution in [0, 0.1) is 0 Å². The molecule has 0 saturated heterocycles. The summed E-state index contributed by atoms with van der Waals surface area (Å²) in [7, 11) is 1.55. The zero-order valence-electron chi connectivity index (χ0n) is 15.8. The van der Waals surface area contributed by atoms with Gasteiger partial charge in [0, 0.05) is 10.6 Å². The van der Waals surface area contributed by atoms with Crippen LogP contribution in [0.15, 0.2) is 29.2 Å². The first kappa shape index (κ1) is 18.7. The molecule has 0 radical (unpaired) electrons. The van der Waals surface area contributed by atoms with Crippen LogP contribution in [-0.2, 0) is 25.7 Å². The number of carbonyl (C=O) groups excluding carboxylic acids is 2. The molecular weight excluding hydrogens is 374 g/mol. The molecule has 0 aromatic heterocycles. The van der Waals surface area contributed by atoms with Crippen molar-refractivity contribution in [2.75, 3.05) is 12.4 Å². The number of rotatable bonds is 5. The van der Waals surface area contributed by atoms with Gasteiger partial charge in [-0.3, -0.25) is 9.52 Å². The number of hydrogen-bond acceptors (Lipinski definition) is 4. The second-order valence-corrected chi connectivity index (χ2v) is 7.97. The largest absolute Gasteiger partial charge is 0.497 e. The number of ether oxygens (including phenoxy) is 1. The van der Waals surface area contributed by atoms with E-state index in [1.807, 2.05) is 0 Å². The van der Waals surface area contributed by atoms with Crippen LogP contribution in [0.2, 0.25) is 0 Å². The van der Waals surface area contributed by atoms with E-state index in [0.717, 1.165) is 56.2 Å². The lowest BCUT2D eigenvalue weighted by atomic mass is 9.99. The molecule has 2 aromatic carbocycles. The Morgan fingerprint density at radius 3 is 2.32 bits per heavy atom. The minimum Gasteiger partial charge on any atom is -0.497 e. The Labute approximate surface area is 168 Å². The highest BCUT2D eigenvalue weighted by molar-refractivity contribution is 7.98. The molecule has 2 aromatic rings. The van der Waals surface area contributed by atoms with Crippen LogP contribution >= 0.6 is 11.9 Å². The summed E-state index contributed by atoms with van der Waals surface area (Å²) in [5, 5.41) is 3.07. The van der Waals surface area contributed by atoms with Crippen LogP contribution in [0.3, 0.4) is 0 Å². The molecule has 0 aliphatic heterocycles. The summed E-state index contributed by atoms with van der Waals surface area (Å²) in [6.45, 7) is 0. The van der Waals surface area contributed by atoms with Gasteiger partial charge in [-0.05, 0) is 90.9 Å². The van der Waals surface area contributed by atoms with Gasteiger partial charge in [-0.1, -0.05) is 6.07 Å². The molecule has 0 spiro atoms. The number of fused-ring (bicyclic) bond motifs is 2. The number of benzene rings is 2. The van der Waals surface area contributed by atoms with Gasteiger partial charge in [0.1, 0.15) is 5.75 Å². The third-order valence-electron chi connectivity index (χ3n) is 5.42. The van der Waals surface area contributed by atoms with Gasteiger partial charge in [0.25, 0.3) is 0 Å².